The van der Waals surface area contributed by atoms with Gasteiger partial charge in [-0.3, -0.25) is 14.9 Å². The fourth-order valence-electron chi connectivity index (χ4n) is 2.82. The number of amides is 2. The number of rotatable bonds is 5. The van der Waals surface area contributed by atoms with Crippen LogP contribution in [0.5, 0.6) is 0 Å². The monoisotopic (exact) mass is 435 g/mol. The molecule has 5 nitrogen and oxygen atoms in total. The zero-order valence-electron chi connectivity index (χ0n) is 15.9. The van der Waals surface area contributed by atoms with E-state index in [1.165, 1.54) is 11.3 Å². The van der Waals surface area contributed by atoms with E-state index in [-0.39, 0.29) is 16.6 Å². The van der Waals surface area contributed by atoms with Crippen LogP contribution in [-0.4, -0.2) is 16.8 Å². The van der Waals surface area contributed by atoms with E-state index in [4.69, 9.17) is 0 Å². The summed E-state index contributed by atoms with van der Waals surface area (Å²) < 4.78 is 26.8. The van der Waals surface area contributed by atoms with Crippen LogP contribution in [0.4, 0.5) is 19.6 Å². The highest BCUT2D eigenvalue weighted by Crippen LogP contribution is 2.26. The van der Waals surface area contributed by atoms with E-state index in [0.717, 1.165) is 17.7 Å². The maximum atomic E-state index is 13.8. The van der Waals surface area contributed by atoms with Crippen LogP contribution in [0, 0.1) is 11.6 Å². The summed E-state index contributed by atoms with van der Waals surface area (Å²) >= 11 is 1.18. The Morgan fingerprint density at radius 1 is 0.839 bits per heavy atom. The van der Waals surface area contributed by atoms with Crippen LogP contribution >= 0.6 is 11.3 Å². The number of nitrogens with zero attached hydrogens (tertiary/aromatic N) is 1. The number of anilines is 2. The Labute approximate surface area is 180 Å². The third kappa shape index (κ3) is 4.81. The van der Waals surface area contributed by atoms with Crippen molar-refractivity contribution in [3.05, 3.63) is 101 Å². The second-order valence-electron chi connectivity index (χ2n) is 6.51. The molecule has 0 aliphatic carbocycles. The van der Waals surface area contributed by atoms with Crippen molar-refractivity contribution in [2.45, 2.75) is 0 Å². The van der Waals surface area contributed by atoms with Gasteiger partial charge >= 0.3 is 0 Å². The molecule has 0 saturated carbocycles. The van der Waals surface area contributed by atoms with Gasteiger partial charge in [0.2, 0.25) is 0 Å². The average molecular weight is 435 g/mol. The van der Waals surface area contributed by atoms with Crippen molar-refractivity contribution in [2.24, 2.45) is 0 Å². The number of nitrogens with one attached hydrogen (secondary N) is 2. The molecule has 0 aliphatic rings. The summed E-state index contributed by atoms with van der Waals surface area (Å²) in [6.45, 7) is 0. The summed E-state index contributed by atoms with van der Waals surface area (Å²) in [5.74, 6) is -2.62. The highest BCUT2D eigenvalue weighted by molar-refractivity contribution is 7.14. The van der Waals surface area contributed by atoms with E-state index >= 15 is 0 Å². The minimum Gasteiger partial charge on any atom is -0.322 e. The van der Waals surface area contributed by atoms with E-state index in [1.807, 2.05) is 6.07 Å². The van der Waals surface area contributed by atoms with Crippen molar-refractivity contribution in [3.8, 4) is 11.3 Å². The molecule has 0 unspecified atom stereocenters. The normalized spacial score (nSPS) is 10.5. The van der Waals surface area contributed by atoms with Gasteiger partial charge in [-0.1, -0.05) is 30.3 Å². The number of halogens is 2. The van der Waals surface area contributed by atoms with Crippen LogP contribution in [0.25, 0.3) is 11.3 Å². The van der Waals surface area contributed by atoms with Crippen molar-refractivity contribution in [3.63, 3.8) is 0 Å². The van der Waals surface area contributed by atoms with Gasteiger partial charge in [0, 0.05) is 28.3 Å². The lowest BCUT2D eigenvalue weighted by Crippen LogP contribution is -2.13. The second kappa shape index (κ2) is 8.85. The fraction of sp³-hybridized carbons (Fsp3) is 0. The van der Waals surface area contributed by atoms with Crippen LogP contribution in [0.1, 0.15) is 20.7 Å². The molecule has 4 aromatic rings. The Morgan fingerprint density at radius 3 is 2.29 bits per heavy atom. The molecule has 0 atom stereocenters. The Kier molecular flexibility index (Phi) is 5.81. The molecule has 1 aromatic heterocycles. The van der Waals surface area contributed by atoms with Crippen LogP contribution in [0.2, 0.25) is 0 Å². The van der Waals surface area contributed by atoms with Crippen LogP contribution in [0.3, 0.4) is 0 Å². The maximum absolute atomic E-state index is 13.8. The minimum absolute atomic E-state index is 0.208. The van der Waals surface area contributed by atoms with Gasteiger partial charge in [0.1, 0.15) is 11.6 Å². The zero-order valence-corrected chi connectivity index (χ0v) is 16.7. The van der Waals surface area contributed by atoms with E-state index in [0.29, 0.717) is 23.0 Å². The molecule has 0 radical (unpaired) electrons. The first-order valence-corrected chi connectivity index (χ1v) is 10.1. The summed E-state index contributed by atoms with van der Waals surface area (Å²) in [4.78, 5) is 28.8. The van der Waals surface area contributed by atoms with E-state index in [1.54, 1.807) is 53.9 Å². The minimum atomic E-state index is -0.942. The van der Waals surface area contributed by atoms with Gasteiger partial charge in [0.05, 0.1) is 11.3 Å². The summed E-state index contributed by atoms with van der Waals surface area (Å²) in [5, 5.41) is 7.36. The standard InChI is InChI=1S/C23H15F2N3O2S/c24-16-8-11-18(19(25)12-16)22(30)28-23-27-20(13-31-23)14-6-9-17(10-7-14)26-21(29)15-4-2-1-3-5-15/h1-13H,(H,26,29)(H,27,28,30). The lowest BCUT2D eigenvalue weighted by atomic mass is 10.1. The summed E-state index contributed by atoms with van der Waals surface area (Å²) in [5.41, 5.74) is 2.32. The molecular formula is C23H15F2N3O2S. The number of benzene rings is 3. The summed E-state index contributed by atoms with van der Waals surface area (Å²) in [6.07, 6.45) is 0. The third-order valence-corrected chi connectivity index (χ3v) is 5.13. The topological polar surface area (TPSA) is 71.1 Å². The molecule has 4 rings (SSSR count). The fourth-order valence-corrected chi connectivity index (χ4v) is 3.53. The second-order valence-corrected chi connectivity index (χ2v) is 7.37. The van der Waals surface area contributed by atoms with Crippen LogP contribution in [0.15, 0.2) is 78.2 Å². The van der Waals surface area contributed by atoms with Crippen LogP contribution in [-0.2, 0) is 0 Å². The molecule has 0 aliphatic heterocycles. The molecule has 3 aromatic carbocycles. The van der Waals surface area contributed by atoms with Crippen molar-refractivity contribution in [1.29, 1.82) is 0 Å². The molecule has 8 heteroatoms. The highest BCUT2D eigenvalue weighted by Gasteiger charge is 2.15. The first kappa shape index (κ1) is 20.4. The summed E-state index contributed by atoms with van der Waals surface area (Å²) in [6, 6.07) is 18.7. The smallest absolute Gasteiger partial charge is 0.260 e. The number of thiazole rings is 1. The van der Waals surface area contributed by atoms with Crippen molar-refractivity contribution < 1.29 is 18.4 Å². The molecule has 0 fully saturated rings. The molecule has 2 N–H and O–H groups in total. The lowest BCUT2D eigenvalue weighted by molar-refractivity contribution is 0.101. The molecule has 2 amide bonds. The number of aromatic nitrogens is 1. The Balaban J connectivity index is 1.43. The highest BCUT2D eigenvalue weighted by atomic mass is 32.1. The van der Waals surface area contributed by atoms with Gasteiger partial charge in [0.15, 0.2) is 5.13 Å². The maximum Gasteiger partial charge on any atom is 0.260 e. The molecule has 1 heterocycles. The first-order chi connectivity index (χ1) is 15.0. The number of carbonyl (C=O) groups excluding carboxylic acids is 2. The molecule has 31 heavy (non-hydrogen) atoms. The van der Waals surface area contributed by atoms with Gasteiger partial charge in [-0.25, -0.2) is 13.8 Å². The zero-order chi connectivity index (χ0) is 21.8. The molecule has 0 spiro atoms. The van der Waals surface area contributed by atoms with Gasteiger partial charge in [-0.15, -0.1) is 11.3 Å². The largest absolute Gasteiger partial charge is 0.322 e. The Hall–Kier alpha value is -3.91. The van der Waals surface area contributed by atoms with Gasteiger partial charge in [-0.2, -0.15) is 0 Å². The average Bonchev–Trinajstić information content (AvgIpc) is 3.23. The predicted molar refractivity (Wildman–Crippen MR) is 116 cm³/mol. The quantitative estimate of drug-likeness (QED) is 0.429. The molecule has 0 bridgehead atoms. The molecule has 0 saturated heterocycles. The Morgan fingerprint density at radius 2 is 1.58 bits per heavy atom. The van der Waals surface area contributed by atoms with E-state index < -0.39 is 17.5 Å². The van der Waals surface area contributed by atoms with Gasteiger partial charge in [-0.05, 0) is 36.4 Å². The SMILES string of the molecule is O=C(Nc1ccc(-c2csc(NC(=O)c3ccc(F)cc3F)n2)cc1)c1ccccc1. The lowest BCUT2D eigenvalue weighted by Gasteiger charge is -2.06. The van der Waals surface area contributed by atoms with Gasteiger partial charge in [0.25, 0.3) is 11.8 Å². The number of hydrogen-bond donors (Lipinski definition) is 2. The first-order valence-electron chi connectivity index (χ1n) is 9.18. The predicted octanol–water partition coefficient (Wildman–Crippen LogP) is 5.59. The number of carbonyl (C=O) groups is 2. The van der Waals surface area contributed by atoms with E-state index in [9.17, 15) is 18.4 Å². The third-order valence-electron chi connectivity index (χ3n) is 4.37. The number of hydrogen-bond acceptors (Lipinski definition) is 4. The molecular weight excluding hydrogens is 420 g/mol. The Bertz CT molecular complexity index is 1240. The van der Waals surface area contributed by atoms with Crippen molar-refractivity contribution in [1.82, 2.24) is 4.98 Å². The van der Waals surface area contributed by atoms with E-state index in [2.05, 4.69) is 15.6 Å². The van der Waals surface area contributed by atoms with Crippen molar-refractivity contribution >= 4 is 34.0 Å². The van der Waals surface area contributed by atoms with Crippen molar-refractivity contribution in [2.75, 3.05) is 10.6 Å². The molecule has 154 valence electrons. The van der Waals surface area contributed by atoms with Crippen LogP contribution < -0.4 is 10.6 Å². The van der Waals surface area contributed by atoms with Gasteiger partial charge < -0.3 is 5.32 Å². The summed E-state index contributed by atoms with van der Waals surface area (Å²) in [7, 11) is 0.